The molecule has 0 aromatic heterocycles. The third-order valence-electron chi connectivity index (χ3n) is 7.48. The molecule has 1 heterocycles. The average molecular weight is 629 g/mol. The van der Waals surface area contributed by atoms with Crippen LogP contribution >= 0.6 is 23.2 Å². The highest BCUT2D eigenvalue weighted by Crippen LogP contribution is 2.34. The van der Waals surface area contributed by atoms with Crippen molar-refractivity contribution < 1.29 is 23.8 Å². The number of nitrogens with one attached hydrogen (secondary N) is 2. The average Bonchev–Trinajstić information content (AvgIpc) is 3.49. The zero-order chi connectivity index (χ0) is 30.8. The minimum absolute atomic E-state index is 0.0392. The Kier molecular flexibility index (Phi) is 11.8. The summed E-state index contributed by atoms with van der Waals surface area (Å²) in [5.74, 6) is 1.36. The van der Waals surface area contributed by atoms with E-state index in [0.29, 0.717) is 40.9 Å². The Balaban J connectivity index is 1.42. The summed E-state index contributed by atoms with van der Waals surface area (Å²) in [5.41, 5.74) is 2.76. The third-order valence-corrected chi connectivity index (χ3v) is 7.99. The number of nitrogens with zero attached hydrogens (tertiary/aromatic N) is 1. The molecule has 4 rings (SSSR count). The fourth-order valence-electron chi connectivity index (χ4n) is 4.91. The Morgan fingerprint density at radius 2 is 1.56 bits per heavy atom. The minimum Gasteiger partial charge on any atom is -0.454 e. The van der Waals surface area contributed by atoms with Crippen molar-refractivity contribution in [3.8, 4) is 11.5 Å². The number of urea groups is 1. The number of amides is 3. The topological polar surface area (TPSA) is 89.1 Å². The normalized spacial score (nSPS) is 14.0. The number of benzene rings is 3. The summed E-state index contributed by atoms with van der Waals surface area (Å²) < 4.78 is 16.8. The van der Waals surface area contributed by atoms with Crippen LogP contribution in [0.15, 0.2) is 66.7 Å². The molecule has 230 valence electrons. The number of ether oxygens (including phenoxy) is 3. The van der Waals surface area contributed by atoms with E-state index in [9.17, 15) is 9.59 Å². The van der Waals surface area contributed by atoms with Crippen LogP contribution in [0, 0.1) is 0 Å². The van der Waals surface area contributed by atoms with Gasteiger partial charge in [-0.15, -0.1) is 0 Å². The predicted molar refractivity (Wildman–Crippen MR) is 169 cm³/mol. The van der Waals surface area contributed by atoms with Crippen LogP contribution in [-0.2, 0) is 11.3 Å². The molecule has 0 aliphatic carbocycles. The van der Waals surface area contributed by atoms with Gasteiger partial charge in [0, 0.05) is 16.6 Å². The predicted octanol–water partition coefficient (Wildman–Crippen LogP) is 8.43. The zero-order valence-corrected chi connectivity index (χ0v) is 26.3. The van der Waals surface area contributed by atoms with Crippen LogP contribution in [0.3, 0.4) is 0 Å². The number of unbranched alkanes of at least 4 members (excludes halogenated alkanes) is 1. The van der Waals surface area contributed by atoms with E-state index in [1.165, 1.54) is 0 Å². The van der Waals surface area contributed by atoms with Crippen molar-refractivity contribution in [1.82, 2.24) is 15.5 Å². The van der Waals surface area contributed by atoms with E-state index in [-0.39, 0.29) is 37.6 Å². The lowest BCUT2D eigenvalue weighted by molar-refractivity contribution is 0.0768. The monoisotopic (exact) mass is 627 g/mol. The van der Waals surface area contributed by atoms with Crippen molar-refractivity contribution in [2.75, 3.05) is 13.4 Å². The maximum Gasteiger partial charge on any atom is 0.410 e. The van der Waals surface area contributed by atoms with E-state index in [2.05, 4.69) is 17.6 Å². The molecule has 1 aliphatic rings. The van der Waals surface area contributed by atoms with Gasteiger partial charge in [0.15, 0.2) is 11.5 Å². The first-order chi connectivity index (χ1) is 20.8. The van der Waals surface area contributed by atoms with Crippen LogP contribution in [-0.4, -0.2) is 36.5 Å². The molecule has 1 aliphatic heterocycles. The standard InChI is InChI=1S/C33H39Cl2N3O5/c1-4-6-7-28(36-32(39)37-29(5-2)25-12-17-30-31(18-25)43-21-42-30)20-41-33(40)38(19-23-8-13-26(34)14-9-23)22(3)24-10-15-27(35)16-11-24/h8-18,22,28-29H,4-7,19-21H2,1-3H3,(H2,36,37,39)/t22?,28-,29-/m0/s1. The lowest BCUT2D eigenvalue weighted by atomic mass is 10.0. The van der Waals surface area contributed by atoms with Crippen LogP contribution < -0.4 is 20.1 Å². The molecule has 0 saturated heterocycles. The molecule has 0 radical (unpaired) electrons. The van der Waals surface area contributed by atoms with E-state index < -0.39 is 6.09 Å². The highest BCUT2D eigenvalue weighted by molar-refractivity contribution is 6.30. The van der Waals surface area contributed by atoms with Crippen molar-refractivity contribution in [3.05, 3.63) is 93.5 Å². The summed E-state index contributed by atoms with van der Waals surface area (Å²) >= 11 is 12.2. The summed E-state index contributed by atoms with van der Waals surface area (Å²) in [5, 5.41) is 7.32. The van der Waals surface area contributed by atoms with Crippen LogP contribution in [0.5, 0.6) is 11.5 Å². The highest BCUT2D eigenvalue weighted by atomic mass is 35.5. The van der Waals surface area contributed by atoms with Crippen molar-refractivity contribution in [2.45, 2.75) is 71.1 Å². The first-order valence-corrected chi connectivity index (χ1v) is 15.4. The molecule has 0 bridgehead atoms. The van der Waals surface area contributed by atoms with Gasteiger partial charge in [-0.3, -0.25) is 4.90 Å². The maximum absolute atomic E-state index is 13.6. The SMILES string of the molecule is CCCC[C@@H](COC(=O)N(Cc1ccc(Cl)cc1)C(C)c1ccc(Cl)cc1)NC(=O)N[C@@H](CC)c1ccc2c(c1)OCO2. The smallest absolute Gasteiger partial charge is 0.410 e. The lowest BCUT2D eigenvalue weighted by Gasteiger charge is -2.30. The van der Waals surface area contributed by atoms with E-state index in [1.54, 1.807) is 29.2 Å². The molecule has 3 aromatic rings. The molecule has 0 spiro atoms. The number of rotatable bonds is 13. The summed E-state index contributed by atoms with van der Waals surface area (Å²) in [4.78, 5) is 28.3. The first kappa shape index (κ1) is 32.3. The van der Waals surface area contributed by atoms with Gasteiger partial charge in [0.2, 0.25) is 6.79 Å². The molecule has 8 nitrogen and oxygen atoms in total. The number of carbonyl (C=O) groups excluding carboxylic acids is 2. The third kappa shape index (κ3) is 9.18. The quantitative estimate of drug-likeness (QED) is 0.198. The van der Waals surface area contributed by atoms with Crippen molar-refractivity contribution in [2.24, 2.45) is 0 Å². The van der Waals surface area contributed by atoms with Gasteiger partial charge >= 0.3 is 12.1 Å². The van der Waals surface area contributed by atoms with Gasteiger partial charge in [-0.2, -0.15) is 0 Å². The minimum atomic E-state index is -0.479. The van der Waals surface area contributed by atoms with Crippen molar-refractivity contribution in [3.63, 3.8) is 0 Å². The lowest BCUT2D eigenvalue weighted by Crippen LogP contribution is -2.46. The second-order valence-corrected chi connectivity index (χ2v) is 11.5. The number of hydrogen-bond donors (Lipinski definition) is 2. The fraction of sp³-hybridized carbons (Fsp3) is 0.394. The molecule has 3 atom stereocenters. The Hall–Kier alpha value is -3.62. The van der Waals surface area contributed by atoms with E-state index in [4.69, 9.17) is 37.4 Å². The molecule has 43 heavy (non-hydrogen) atoms. The van der Waals surface area contributed by atoms with E-state index in [0.717, 1.165) is 29.5 Å². The molecule has 1 unspecified atom stereocenters. The molecule has 0 fully saturated rings. The molecular formula is C33H39Cl2N3O5. The van der Waals surface area contributed by atoms with Gasteiger partial charge in [0.05, 0.1) is 18.1 Å². The molecule has 0 saturated carbocycles. The Bertz CT molecular complexity index is 1350. The molecule has 10 heteroatoms. The summed E-state index contributed by atoms with van der Waals surface area (Å²) in [6, 6.07) is 19.2. The van der Waals surface area contributed by atoms with Gasteiger partial charge in [-0.05, 0) is 72.9 Å². The van der Waals surface area contributed by atoms with Crippen molar-refractivity contribution >= 4 is 35.3 Å². The summed E-state index contributed by atoms with van der Waals surface area (Å²) in [6.07, 6.45) is 2.69. The molecule has 3 aromatic carbocycles. The van der Waals surface area contributed by atoms with Gasteiger partial charge in [0.25, 0.3) is 0 Å². The number of halogens is 2. The van der Waals surface area contributed by atoms with Gasteiger partial charge in [-0.25, -0.2) is 9.59 Å². The van der Waals surface area contributed by atoms with E-state index >= 15 is 0 Å². The van der Waals surface area contributed by atoms with Gasteiger partial charge in [-0.1, -0.05) is 80.2 Å². The van der Waals surface area contributed by atoms with Crippen LogP contribution in [0.2, 0.25) is 10.0 Å². The number of hydrogen-bond acceptors (Lipinski definition) is 5. The Morgan fingerprint density at radius 3 is 2.23 bits per heavy atom. The Morgan fingerprint density at radius 1 is 0.907 bits per heavy atom. The largest absolute Gasteiger partial charge is 0.454 e. The fourth-order valence-corrected chi connectivity index (χ4v) is 5.16. The maximum atomic E-state index is 13.6. The second kappa shape index (κ2) is 15.7. The van der Waals surface area contributed by atoms with Crippen LogP contribution in [0.4, 0.5) is 9.59 Å². The number of fused-ring (bicyclic) bond motifs is 1. The van der Waals surface area contributed by atoms with Crippen molar-refractivity contribution in [1.29, 1.82) is 0 Å². The first-order valence-electron chi connectivity index (χ1n) is 14.7. The van der Waals surface area contributed by atoms with Crippen LogP contribution in [0.1, 0.15) is 75.2 Å². The molecular weight excluding hydrogens is 589 g/mol. The molecule has 3 amide bonds. The van der Waals surface area contributed by atoms with E-state index in [1.807, 2.05) is 56.3 Å². The number of carbonyl (C=O) groups is 2. The highest BCUT2D eigenvalue weighted by Gasteiger charge is 2.26. The Labute approximate surface area is 263 Å². The van der Waals surface area contributed by atoms with Crippen LogP contribution in [0.25, 0.3) is 0 Å². The van der Waals surface area contributed by atoms with Gasteiger partial charge < -0.3 is 24.8 Å². The zero-order valence-electron chi connectivity index (χ0n) is 24.8. The summed E-state index contributed by atoms with van der Waals surface area (Å²) in [7, 11) is 0. The summed E-state index contributed by atoms with van der Waals surface area (Å²) in [6.45, 7) is 6.58. The van der Waals surface area contributed by atoms with Gasteiger partial charge in [0.1, 0.15) is 6.61 Å². The molecule has 2 N–H and O–H groups in total. The second-order valence-electron chi connectivity index (χ2n) is 10.6.